The van der Waals surface area contributed by atoms with Crippen LogP contribution in [-0.4, -0.2) is 18.2 Å². The number of benzene rings is 3. The average molecular weight is 389 g/mol. The van der Waals surface area contributed by atoms with E-state index in [-0.39, 0.29) is 0 Å². The molecule has 0 aliphatic rings. The summed E-state index contributed by atoms with van der Waals surface area (Å²) >= 11 is 0. The third-order valence-electron chi connectivity index (χ3n) is 5.17. The van der Waals surface area contributed by atoms with E-state index in [1.165, 1.54) is 5.56 Å². The van der Waals surface area contributed by atoms with Gasteiger partial charge in [-0.1, -0.05) is 67.9 Å². The fourth-order valence-corrected chi connectivity index (χ4v) is 3.57. The van der Waals surface area contributed by atoms with Crippen LogP contribution in [0.5, 0.6) is 5.75 Å². The van der Waals surface area contributed by atoms with Crippen molar-refractivity contribution in [1.82, 2.24) is 0 Å². The lowest BCUT2D eigenvalue weighted by Gasteiger charge is -2.18. The van der Waals surface area contributed by atoms with Gasteiger partial charge >= 0.3 is 5.97 Å². The molecule has 0 heterocycles. The van der Waals surface area contributed by atoms with E-state index in [1.54, 1.807) is 7.11 Å². The summed E-state index contributed by atoms with van der Waals surface area (Å²) in [6.45, 7) is 6.18. The topological polar surface area (TPSA) is 46.5 Å². The summed E-state index contributed by atoms with van der Waals surface area (Å²) in [5, 5.41) is 9.89. The fourth-order valence-electron chi connectivity index (χ4n) is 3.57. The molecule has 0 aromatic heterocycles. The second-order valence-electron chi connectivity index (χ2n) is 7.96. The van der Waals surface area contributed by atoms with Crippen LogP contribution in [0.15, 0.2) is 66.7 Å². The second kappa shape index (κ2) is 8.95. The van der Waals surface area contributed by atoms with Crippen molar-refractivity contribution in [2.45, 2.75) is 33.1 Å². The summed E-state index contributed by atoms with van der Waals surface area (Å²) < 4.78 is 5.27. The largest absolute Gasteiger partial charge is 0.497 e. The summed E-state index contributed by atoms with van der Waals surface area (Å²) in [7, 11) is 1.65. The van der Waals surface area contributed by atoms with Gasteiger partial charge in [-0.15, -0.1) is 0 Å². The van der Waals surface area contributed by atoms with Gasteiger partial charge in [-0.3, -0.25) is 4.79 Å². The minimum Gasteiger partial charge on any atom is -0.497 e. The number of ether oxygens (including phenoxy) is 1. The Bertz CT molecular complexity index is 970. The lowest BCUT2D eigenvalue weighted by Crippen LogP contribution is -2.14. The van der Waals surface area contributed by atoms with Crippen molar-refractivity contribution in [3.8, 4) is 28.0 Å². The first-order valence-electron chi connectivity index (χ1n) is 9.96. The molecule has 1 unspecified atom stereocenters. The van der Waals surface area contributed by atoms with Crippen LogP contribution < -0.4 is 4.74 Å². The van der Waals surface area contributed by atoms with Crippen LogP contribution in [0.2, 0.25) is 0 Å². The van der Waals surface area contributed by atoms with Crippen molar-refractivity contribution >= 4 is 5.97 Å². The fraction of sp³-hybridized carbons (Fsp3) is 0.269. The predicted molar refractivity (Wildman–Crippen MR) is 118 cm³/mol. The first-order valence-corrected chi connectivity index (χ1v) is 9.96. The normalized spacial score (nSPS) is 12.0. The Morgan fingerprint density at radius 1 is 0.862 bits per heavy atom. The summed E-state index contributed by atoms with van der Waals surface area (Å²) in [5.74, 6) is -0.215. The second-order valence-corrected chi connectivity index (χ2v) is 7.96. The number of hydrogen-bond donors (Lipinski definition) is 1. The van der Waals surface area contributed by atoms with Crippen molar-refractivity contribution in [3.63, 3.8) is 0 Å². The molecule has 1 atom stereocenters. The molecule has 0 bridgehead atoms. The Morgan fingerprint density at radius 2 is 1.38 bits per heavy atom. The zero-order valence-corrected chi connectivity index (χ0v) is 17.5. The van der Waals surface area contributed by atoms with Crippen molar-refractivity contribution in [1.29, 1.82) is 0 Å². The van der Waals surface area contributed by atoms with Crippen molar-refractivity contribution < 1.29 is 14.6 Å². The Labute approximate surface area is 173 Å². The van der Waals surface area contributed by atoms with E-state index in [0.717, 1.165) is 33.6 Å². The highest BCUT2D eigenvalue weighted by Crippen LogP contribution is 2.34. The quantitative estimate of drug-likeness (QED) is 0.499. The number of carbonyl (C=O) groups is 1. The number of aliphatic carboxylic acids is 1. The summed E-state index contributed by atoms with van der Waals surface area (Å²) in [5.41, 5.74) is 6.20. The molecule has 0 spiro atoms. The number of carboxylic acids is 1. The first kappa shape index (κ1) is 20.7. The molecule has 29 heavy (non-hydrogen) atoms. The summed E-state index contributed by atoms with van der Waals surface area (Å²) in [6.07, 6.45) is 0.606. The molecule has 0 saturated heterocycles. The Balaban J connectivity index is 2.14. The molecule has 1 N–H and O–H groups in total. The smallest absolute Gasteiger partial charge is 0.310 e. The number of rotatable bonds is 7. The van der Waals surface area contributed by atoms with E-state index < -0.39 is 11.9 Å². The van der Waals surface area contributed by atoms with Crippen LogP contribution in [0, 0.1) is 12.8 Å². The van der Waals surface area contributed by atoms with E-state index >= 15 is 0 Å². The van der Waals surface area contributed by atoms with Gasteiger partial charge in [0, 0.05) is 0 Å². The maximum atomic E-state index is 12.0. The number of carboxylic acid groups (broad SMARTS) is 1. The molecule has 3 aromatic carbocycles. The number of hydrogen-bond acceptors (Lipinski definition) is 2. The van der Waals surface area contributed by atoms with E-state index in [1.807, 2.05) is 36.4 Å². The molecule has 3 heteroatoms. The van der Waals surface area contributed by atoms with Crippen LogP contribution in [-0.2, 0) is 4.79 Å². The molecule has 0 fully saturated rings. The van der Waals surface area contributed by atoms with Crippen molar-refractivity contribution in [2.75, 3.05) is 7.11 Å². The molecule has 3 aromatic rings. The molecule has 3 rings (SSSR count). The van der Waals surface area contributed by atoms with Gasteiger partial charge in [0.15, 0.2) is 0 Å². The Hall–Kier alpha value is -3.07. The molecular weight excluding hydrogens is 360 g/mol. The maximum Gasteiger partial charge on any atom is 0.310 e. The van der Waals surface area contributed by atoms with Crippen LogP contribution in [0.25, 0.3) is 22.3 Å². The van der Waals surface area contributed by atoms with Gasteiger partial charge in [0.25, 0.3) is 0 Å². The van der Waals surface area contributed by atoms with E-state index in [4.69, 9.17) is 4.74 Å². The Kier molecular flexibility index (Phi) is 6.38. The van der Waals surface area contributed by atoms with Crippen LogP contribution >= 0.6 is 0 Å². The molecule has 150 valence electrons. The number of aryl methyl sites for hydroxylation is 1. The van der Waals surface area contributed by atoms with Crippen LogP contribution in [0.4, 0.5) is 0 Å². The molecular formula is C26H28O3. The minimum absolute atomic E-state index is 0.295. The summed E-state index contributed by atoms with van der Waals surface area (Å²) in [4.78, 5) is 12.0. The monoisotopic (exact) mass is 388 g/mol. The molecule has 0 aliphatic carbocycles. The van der Waals surface area contributed by atoms with Gasteiger partial charge in [0.05, 0.1) is 13.0 Å². The summed E-state index contributed by atoms with van der Waals surface area (Å²) in [6, 6.07) is 22.4. The van der Waals surface area contributed by atoms with Gasteiger partial charge in [-0.2, -0.15) is 0 Å². The first-order chi connectivity index (χ1) is 13.9. The van der Waals surface area contributed by atoms with Crippen LogP contribution in [0.3, 0.4) is 0 Å². The highest BCUT2D eigenvalue weighted by atomic mass is 16.5. The molecule has 0 radical (unpaired) electrons. The Morgan fingerprint density at radius 3 is 1.83 bits per heavy atom. The number of methoxy groups -OCH3 is 1. The van der Waals surface area contributed by atoms with Crippen molar-refractivity contribution in [2.24, 2.45) is 5.92 Å². The van der Waals surface area contributed by atoms with Crippen molar-refractivity contribution in [3.05, 3.63) is 77.9 Å². The van der Waals surface area contributed by atoms with E-state index in [9.17, 15) is 9.90 Å². The molecule has 0 amide bonds. The standard InChI is InChI=1S/C26H28O3/c1-17(2)13-25(26(27)28)23-15-21(19-7-5-18(3)6-8-19)14-22(16-23)20-9-11-24(29-4)12-10-20/h5-12,14-17,25H,13H2,1-4H3,(H,27,28). The van der Waals surface area contributed by atoms with Gasteiger partial charge < -0.3 is 9.84 Å². The lowest BCUT2D eigenvalue weighted by atomic mass is 9.86. The SMILES string of the molecule is COc1ccc(-c2cc(-c3ccc(C)cc3)cc(C(CC(C)C)C(=O)O)c2)cc1. The predicted octanol–water partition coefficient (Wildman–Crippen LogP) is 6.55. The highest BCUT2D eigenvalue weighted by molar-refractivity contribution is 5.80. The van der Waals surface area contributed by atoms with Crippen LogP contribution in [0.1, 0.15) is 37.3 Å². The third kappa shape index (κ3) is 5.05. The van der Waals surface area contributed by atoms with Gasteiger partial charge in [0.2, 0.25) is 0 Å². The van der Waals surface area contributed by atoms with E-state index in [0.29, 0.717) is 12.3 Å². The third-order valence-corrected chi connectivity index (χ3v) is 5.17. The minimum atomic E-state index is -0.777. The molecule has 0 aliphatic heterocycles. The zero-order valence-electron chi connectivity index (χ0n) is 17.5. The lowest BCUT2D eigenvalue weighted by molar-refractivity contribution is -0.139. The zero-order chi connectivity index (χ0) is 21.0. The van der Waals surface area contributed by atoms with E-state index in [2.05, 4.69) is 51.1 Å². The van der Waals surface area contributed by atoms with Gasteiger partial charge in [-0.25, -0.2) is 0 Å². The molecule has 0 saturated carbocycles. The molecule has 3 nitrogen and oxygen atoms in total. The maximum absolute atomic E-state index is 12.0. The highest BCUT2D eigenvalue weighted by Gasteiger charge is 2.22. The van der Waals surface area contributed by atoms with Gasteiger partial charge in [0.1, 0.15) is 5.75 Å². The van der Waals surface area contributed by atoms with Gasteiger partial charge in [-0.05, 0) is 65.3 Å². The average Bonchev–Trinajstić information content (AvgIpc) is 2.72.